The van der Waals surface area contributed by atoms with Crippen LogP contribution in [0.4, 0.5) is 0 Å². The van der Waals surface area contributed by atoms with E-state index in [2.05, 4.69) is 0 Å². The number of nitrogens with zero attached hydrogens (tertiary/aromatic N) is 1. The quantitative estimate of drug-likeness (QED) is 0.740. The first-order chi connectivity index (χ1) is 8.88. The molecule has 2 saturated heterocycles. The maximum atomic E-state index is 12.6. The number of hydrogen-bond donors (Lipinski definition) is 1. The Hall–Kier alpha value is -0.940. The second-order valence-electron chi connectivity index (χ2n) is 6.67. The van der Waals surface area contributed by atoms with Gasteiger partial charge in [0.2, 0.25) is 11.8 Å². The molecule has 0 aromatic rings. The van der Waals surface area contributed by atoms with Crippen molar-refractivity contribution < 1.29 is 14.3 Å². The topological polar surface area (TPSA) is 72.6 Å². The van der Waals surface area contributed by atoms with E-state index < -0.39 is 5.41 Å². The average Bonchev–Trinajstić information content (AvgIpc) is 2.86. The Morgan fingerprint density at radius 2 is 2.11 bits per heavy atom. The van der Waals surface area contributed by atoms with Gasteiger partial charge in [-0.05, 0) is 19.3 Å². The smallest absolute Gasteiger partial charge is 0.236 e. The molecule has 0 bridgehead atoms. The third-order valence-electron chi connectivity index (χ3n) is 5.48. The first-order valence-electron chi connectivity index (χ1n) is 7.11. The van der Waals surface area contributed by atoms with E-state index >= 15 is 0 Å². The summed E-state index contributed by atoms with van der Waals surface area (Å²) in [6.07, 6.45) is 1.21. The van der Waals surface area contributed by atoms with E-state index in [-0.39, 0.29) is 35.9 Å². The van der Waals surface area contributed by atoms with E-state index in [0.717, 1.165) is 6.42 Å². The van der Waals surface area contributed by atoms with Crippen LogP contribution in [0.25, 0.3) is 0 Å². The molecular weight excluding hydrogens is 244 g/mol. The number of amides is 2. The third kappa shape index (κ3) is 1.54. The Morgan fingerprint density at radius 3 is 2.68 bits per heavy atom. The van der Waals surface area contributed by atoms with Gasteiger partial charge in [0.05, 0.1) is 17.6 Å². The van der Waals surface area contributed by atoms with Gasteiger partial charge in [0.1, 0.15) is 0 Å². The number of imide groups is 1. The highest BCUT2D eigenvalue weighted by Crippen LogP contribution is 2.47. The second kappa shape index (κ2) is 4.03. The number of nitrogens with two attached hydrogens (primary N) is 1. The average molecular weight is 266 g/mol. The Bertz CT molecular complexity index is 436. The maximum absolute atomic E-state index is 12.6. The van der Waals surface area contributed by atoms with Crippen LogP contribution in [0.2, 0.25) is 0 Å². The minimum atomic E-state index is -0.583. The van der Waals surface area contributed by atoms with Crippen molar-refractivity contribution in [3.05, 3.63) is 0 Å². The standard InChI is InChI=1S/C14H22N2O3/c1-7(2)14(3)6-9(17)16(13(14)18)11-10(15)8-4-5-19-12(8)11/h7-8,10-12H,4-6,15H2,1-3H3. The van der Waals surface area contributed by atoms with Gasteiger partial charge in [0, 0.05) is 25.0 Å². The zero-order valence-corrected chi connectivity index (χ0v) is 11.8. The van der Waals surface area contributed by atoms with E-state index in [9.17, 15) is 9.59 Å². The van der Waals surface area contributed by atoms with E-state index in [0.29, 0.717) is 18.9 Å². The van der Waals surface area contributed by atoms with Gasteiger partial charge in [-0.2, -0.15) is 0 Å². The van der Waals surface area contributed by atoms with Gasteiger partial charge in [-0.25, -0.2) is 0 Å². The molecule has 0 radical (unpaired) electrons. The zero-order chi connectivity index (χ0) is 13.9. The molecule has 0 spiro atoms. The van der Waals surface area contributed by atoms with Crippen LogP contribution in [0, 0.1) is 17.3 Å². The van der Waals surface area contributed by atoms with Crippen molar-refractivity contribution in [3.8, 4) is 0 Å². The fraction of sp³-hybridized carbons (Fsp3) is 0.857. The van der Waals surface area contributed by atoms with Crippen molar-refractivity contribution in [1.29, 1.82) is 0 Å². The molecule has 3 aliphatic rings. The van der Waals surface area contributed by atoms with Gasteiger partial charge in [-0.1, -0.05) is 13.8 Å². The summed E-state index contributed by atoms with van der Waals surface area (Å²) in [5.74, 6) is 0.305. The number of hydrogen-bond acceptors (Lipinski definition) is 4. The van der Waals surface area contributed by atoms with Crippen molar-refractivity contribution in [2.45, 2.75) is 51.8 Å². The van der Waals surface area contributed by atoms with Gasteiger partial charge in [0.25, 0.3) is 0 Å². The molecule has 5 unspecified atom stereocenters. The summed E-state index contributed by atoms with van der Waals surface area (Å²) < 4.78 is 5.65. The minimum Gasteiger partial charge on any atom is -0.376 e. The Balaban J connectivity index is 1.86. The Morgan fingerprint density at radius 1 is 1.42 bits per heavy atom. The SMILES string of the molecule is CC(C)C1(C)CC(=O)N(C2C(N)C3CCOC32)C1=O. The van der Waals surface area contributed by atoms with Crippen LogP contribution in [0.1, 0.15) is 33.6 Å². The lowest BCUT2D eigenvalue weighted by molar-refractivity contribution is -0.156. The van der Waals surface area contributed by atoms with Crippen LogP contribution >= 0.6 is 0 Å². The highest BCUT2D eigenvalue weighted by molar-refractivity contribution is 6.06. The molecule has 106 valence electrons. The van der Waals surface area contributed by atoms with Gasteiger partial charge in [0.15, 0.2) is 0 Å². The summed E-state index contributed by atoms with van der Waals surface area (Å²) in [7, 11) is 0. The minimum absolute atomic E-state index is 0.0302. The summed E-state index contributed by atoms with van der Waals surface area (Å²) in [5.41, 5.74) is 5.57. The molecule has 5 atom stereocenters. The van der Waals surface area contributed by atoms with Crippen LogP contribution < -0.4 is 5.73 Å². The lowest BCUT2D eigenvalue weighted by Gasteiger charge is -2.49. The molecule has 5 heteroatoms. The van der Waals surface area contributed by atoms with Crippen LogP contribution in [0.15, 0.2) is 0 Å². The number of likely N-dealkylation sites (tertiary alicyclic amines) is 1. The number of rotatable bonds is 2. The molecule has 3 fully saturated rings. The molecule has 3 rings (SSSR count). The molecule has 5 nitrogen and oxygen atoms in total. The molecule has 2 aliphatic heterocycles. The van der Waals surface area contributed by atoms with E-state index in [4.69, 9.17) is 10.5 Å². The molecule has 19 heavy (non-hydrogen) atoms. The van der Waals surface area contributed by atoms with Crippen LogP contribution in [-0.4, -0.2) is 41.5 Å². The predicted octanol–water partition coefficient (Wildman–Crippen LogP) is 0.522. The zero-order valence-electron chi connectivity index (χ0n) is 11.8. The largest absolute Gasteiger partial charge is 0.376 e. The van der Waals surface area contributed by atoms with E-state index in [1.807, 2.05) is 20.8 Å². The first-order valence-corrected chi connectivity index (χ1v) is 7.11. The molecular formula is C14H22N2O3. The highest BCUT2D eigenvalue weighted by atomic mass is 16.5. The molecule has 2 amide bonds. The Labute approximate surface area is 113 Å². The molecule has 0 aromatic carbocycles. The summed E-state index contributed by atoms with van der Waals surface area (Å²) in [4.78, 5) is 26.3. The normalized spacial score (nSPS) is 45.8. The first kappa shape index (κ1) is 13.1. The summed E-state index contributed by atoms with van der Waals surface area (Å²) in [6.45, 7) is 6.56. The van der Waals surface area contributed by atoms with Gasteiger partial charge in [-0.15, -0.1) is 0 Å². The van der Waals surface area contributed by atoms with Crippen molar-refractivity contribution in [2.24, 2.45) is 23.0 Å². The molecule has 2 N–H and O–H groups in total. The number of ether oxygens (including phenoxy) is 1. The number of carbonyl (C=O) groups is 2. The number of fused-ring (bicyclic) bond motifs is 1. The maximum Gasteiger partial charge on any atom is 0.236 e. The van der Waals surface area contributed by atoms with Crippen LogP contribution in [0.5, 0.6) is 0 Å². The summed E-state index contributed by atoms with van der Waals surface area (Å²) in [6, 6.07) is -0.358. The van der Waals surface area contributed by atoms with Gasteiger partial charge >= 0.3 is 0 Å². The predicted molar refractivity (Wildman–Crippen MR) is 69.0 cm³/mol. The van der Waals surface area contributed by atoms with Crippen LogP contribution in [-0.2, 0) is 14.3 Å². The number of carbonyl (C=O) groups excluding carboxylic acids is 2. The Kier molecular flexibility index (Phi) is 2.77. The van der Waals surface area contributed by atoms with Crippen LogP contribution in [0.3, 0.4) is 0 Å². The highest BCUT2D eigenvalue weighted by Gasteiger charge is 2.61. The van der Waals surface area contributed by atoms with E-state index in [1.54, 1.807) is 0 Å². The van der Waals surface area contributed by atoms with Crippen molar-refractivity contribution in [2.75, 3.05) is 6.61 Å². The lowest BCUT2D eigenvalue weighted by Crippen LogP contribution is -2.70. The van der Waals surface area contributed by atoms with Crippen molar-refractivity contribution in [3.63, 3.8) is 0 Å². The molecule has 2 heterocycles. The van der Waals surface area contributed by atoms with Gasteiger partial charge in [-0.3, -0.25) is 14.5 Å². The summed E-state index contributed by atoms with van der Waals surface area (Å²) in [5, 5.41) is 0. The molecule has 1 aliphatic carbocycles. The second-order valence-corrected chi connectivity index (χ2v) is 6.67. The fourth-order valence-electron chi connectivity index (χ4n) is 3.65. The fourth-order valence-corrected chi connectivity index (χ4v) is 3.65. The monoisotopic (exact) mass is 266 g/mol. The van der Waals surface area contributed by atoms with Gasteiger partial charge < -0.3 is 10.5 Å². The van der Waals surface area contributed by atoms with E-state index in [1.165, 1.54) is 4.90 Å². The third-order valence-corrected chi connectivity index (χ3v) is 5.48. The molecule has 1 saturated carbocycles. The van der Waals surface area contributed by atoms with Crippen molar-refractivity contribution >= 4 is 11.8 Å². The molecule has 0 aromatic heterocycles. The lowest BCUT2D eigenvalue weighted by atomic mass is 9.71. The van der Waals surface area contributed by atoms with Crippen molar-refractivity contribution in [1.82, 2.24) is 4.90 Å². The summed E-state index contributed by atoms with van der Waals surface area (Å²) >= 11 is 0.